The summed E-state index contributed by atoms with van der Waals surface area (Å²) in [6, 6.07) is 11.5. The van der Waals surface area contributed by atoms with Crippen molar-refractivity contribution in [3.63, 3.8) is 0 Å². The van der Waals surface area contributed by atoms with Crippen molar-refractivity contribution in [3.05, 3.63) is 34.9 Å². The fourth-order valence-electron chi connectivity index (χ4n) is 3.87. The average Bonchev–Trinajstić information content (AvgIpc) is 2.77. The molecule has 1 aliphatic carbocycles. The van der Waals surface area contributed by atoms with Gasteiger partial charge in [0.2, 0.25) is 0 Å². The molecule has 0 bridgehead atoms. The highest BCUT2D eigenvalue weighted by Crippen LogP contribution is 2.82. The molecule has 1 saturated carbocycles. The smallest absolute Gasteiger partial charge is 0.293 e. The molecule has 2 fully saturated rings. The van der Waals surface area contributed by atoms with Gasteiger partial charge in [-0.2, -0.15) is 10.5 Å². The van der Waals surface area contributed by atoms with Crippen molar-refractivity contribution in [2.75, 3.05) is 13.2 Å². The van der Waals surface area contributed by atoms with E-state index >= 15 is 0 Å². The van der Waals surface area contributed by atoms with Gasteiger partial charge >= 0.3 is 0 Å². The second kappa shape index (κ2) is 3.99. The fourth-order valence-corrected chi connectivity index (χ4v) is 4.00. The largest absolute Gasteiger partial charge is 0.386 e. The van der Waals surface area contributed by atoms with Crippen LogP contribution in [0.1, 0.15) is 11.5 Å². The Balaban J connectivity index is 1.92. The maximum absolute atomic E-state index is 9.88. The van der Waals surface area contributed by atoms with E-state index in [9.17, 15) is 10.5 Å². The lowest BCUT2D eigenvalue weighted by molar-refractivity contribution is -0.184. The van der Waals surface area contributed by atoms with E-state index in [0.29, 0.717) is 18.2 Å². The molecule has 0 amide bonds. The number of hydrogen-bond donors (Lipinski definition) is 1. The van der Waals surface area contributed by atoms with Crippen molar-refractivity contribution in [2.45, 2.75) is 11.8 Å². The van der Waals surface area contributed by atoms with Crippen LogP contribution in [-0.4, -0.2) is 25.0 Å². The molecule has 4 rings (SSSR count). The van der Waals surface area contributed by atoms with Gasteiger partial charge in [0.05, 0.1) is 25.4 Å². The van der Waals surface area contributed by atoms with Crippen molar-refractivity contribution < 1.29 is 9.47 Å². The van der Waals surface area contributed by atoms with Crippen molar-refractivity contribution in [1.82, 2.24) is 0 Å². The predicted molar refractivity (Wildman–Crippen MR) is 76.5 cm³/mol. The van der Waals surface area contributed by atoms with E-state index in [0.717, 1.165) is 5.56 Å². The number of aliphatic imine (C=N–C) groups is 1. The van der Waals surface area contributed by atoms with Crippen LogP contribution in [0.5, 0.6) is 0 Å². The maximum atomic E-state index is 9.88. The summed E-state index contributed by atoms with van der Waals surface area (Å²) in [7, 11) is 0. The van der Waals surface area contributed by atoms with Crippen LogP contribution in [0.4, 0.5) is 0 Å². The lowest BCUT2D eigenvalue weighted by Gasteiger charge is -2.25. The van der Waals surface area contributed by atoms with Gasteiger partial charge in [0, 0.05) is 10.9 Å². The molecule has 0 unspecified atom stereocenters. The Bertz CT molecular complexity index is 772. The zero-order chi connectivity index (χ0) is 15.6. The van der Waals surface area contributed by atoms with Crippen LogP contribution in [0.15, 0.2) is 29.3 Å². The number of ether oxygens (including phenoxy) is 2. The van der Waals surface area contributed by atoms with E-state index in [1.54, 1.807) is 24.3 Å². The molecule has 0 radical (unpaired) electrons. The summed E-state index contributed by atoms with van der Waals surface area (Å²) in [5, 5.41) is 20.2. The molecular weight excluding hydrogens is 304 g/mol. The van der Waals surface area contributed by atoms with Crippen LogP contribution in [0.2, 0.25) is 5.02 Å². The summed E-state index contributed by atoms with van der Waals surface area (Å²) in [6.45, 7) is 0.629. The minimum Gasteiger partial charge on any atom is -0.386 e. The van der Waals surface area contributed by atoms with E-state index in [-0.39, 0.29) is 5.84 Å². The number of halogens is 1. The zero-order valence-corrected chi connectivity index (χ0v) is 12.2. The van der Waals surface area contributed by atoms with Crippen LogP contribution in [0, 0.1) is 33.5 Å². The summed E-state index contributed by atoms with van der Waals surface area (Å²) in [6.07, 6.45) is 0. The monoisotopic (exact) mass is 314 g/mol. The molecule has 2 N–H and O–H groups in total. The van der Waals surface area contributed by atoms with Crippen LogP contribution < -0.4 is 5.73 Å². The highest BCUT2D eigenvalue weighted by Gasteiger charge is 2.94. The van der Waals surface area contributed by atoms with Gasteiger partial charge in [-0.25, -0.2) is 4.99 Å². The zero-order valence-electron chi connectivity index (χ0n) is 11.4. The van der Waals surface area contributed by atoms with Crippen molar-refractivity contribution in [1.29, 1.82) is 10.5 Å². The Morgan fingerprint density at radius 2 is 1.82 bits per heavy atom. The Labute approximate surface area is 131 Å². The molecule has 3 atom stereocenters. The molecule has 1 aromatic carbocycles. The number of benzene rings is 1. The van der Waals surface area contributed by atoms with Gasteiger partial charge in [-0.15, -0.1) is 0 Å². The fraction of sp³-hybridized carbons (Fsp3) is 0.400. The number of nitrogens with zero attached hydrogens (tertiary/aromatic N) is 3. The second-order valence-electron chi connectivity index (χ2n) is 5.60. The third-order valence-electron chi connectivity index (χ3n) is 4.81. The molecule has 2 heterocycles. The Morgan fingerprint density at radius 3 is 2.36 bits per heavy atom. The minimum atomic E-state index is -1.48. The van der Waals surface area contributed by atoms with Gasteiger partial charge in [-0.1, -0.05) is 23.7 Å². The molecule has 1 aromatic rings. The summed E-state index contributed by atoms with van der Waals surface area (Å²) in [4.78, 5) is 4.21. The first-order valence-corrected chi connectivity index (χ1v) is 7.17. The quantitative estimate of drug-likeness (QED) is 0.846. The lowest BCUT2D eigenvalue weighted by atomic mass is 9.94. The van der Waals surface area contributed by atoms with E-state index in [1.165, 1.54) is 0 Å². The molecule has 6 nitrogen and oxygen atoms in total. The normalized spacial score (nSPS) is 37.2. The first-order chi connectivity index (χ1) is 10.6. The Kier molecular flexibility index (Phi) is 2.46. The summed E-state index contributed by atoms with van der Waals surface area (Å²) in [5.74, 6) is -1.84. The Morgan fingerprint density at radius 1 is 1.18 bits per heavy atom. The highest BCUT2D eigenvalue weighted by atomic mass is 35.5. The van der Waals surface area contributed by atoms with Gasteiger partial charge in [-0.3, -0.25) is 0 Å². The molecule has 0 aromatic heterocycles. The molecule has 22 heavy (non-hydrogen) atoms. The predicted octanol–water partition coefficient (Wildman–Crippen LogP) is 1.53. The molecule has 1 saturated heterocycles. The van der Waals surface area contributed by atoms with Crippen molar-refractivity contribution >= 4 is 17.4 Å². The number of nitrogens with two attached hydrogens (primary N) is 1. The first-order valence-electron chi connectivity index (χ1n) is 6.80. The van der Waals surface area contributed by atoms with Crippen LogP contribution in [0.25, 0.3) is 0 Å². The molecule has 110 valence electrons. The van der Waals surface area contributed by atoms with Gasteiger partial charge in [0.1, 0.15) is 11.3 Å². The molecular formula is C15H11ClN4O2. The van der Waals surface area contributed by atoms with Crippen molar-refractivity contribution in [2.24, 2.45) is 21.6 Å². The number of amidine groups is 1. The molecule has 3 aliphatic rings. The third-order valence-corrected chi connectivity index (χ3v) is 5.06. The van der Waals surface area contributed by atoms with E-state index in [2.05, 4.69) is 17.1 Å². The van der Waals surface area contributed by atoms with Gasteiger partial charge in [0.25, 0.3) is 5.91 Å². The number of nitriles is 2. The lowest BCUT2D eigenvalue weighted by Crippen LogP contribution is -2.38. The highest BCUT2D eigenvalue weighted by molar-refractivity contribution is 6.30. The van der Waals surface area contributed by atoms with Gasteiger partial charge in [-0.05, 0) is 17.7 Å². The van der Waals surface area contributed by atoms with E-state index in [4.69, 9.17) is 26.8 Å². The third kappa shape index (κ3) is 1.17. The summed E-state index contributed by atoms with van der Waals surface area (Å²) >= 11 is 5.92. The van der Waals surface area contributed by atoms with Gasteiger partial charge in [0.15, 0.2) is 5.41 Å². The maximum Gasteiger partial charge on any atom is 0.293 e. The van der Waals surface area contributed by atoms with Crippen LogP contribution in [0.3, 0.4) is 0 Å². The standard InChI is InChI=1S/C15H11ClN4O2/c16-10-3-1-9(2-4-10)11-13(7-17)12(19)20-15(14(11,13)8-18)21-5-6-22-15/h1-4,11H,5-6H2,(H2,19,20)/t11-,13+,14-/m1/s1. The summed E-state index contributed by atoms with van der Waals surface area (Å²) in [5.41, 5.74) is 4.34. The topological polar surface area (TPSA) is 104 Å². The van der Waals surface area contributed by atoms with Crippen LogP contribution in [-0.2, 0) is 9.47 Å². The van der Waals surface area contributed by atoms with Gasteiger partial charge < -0.3 is 15.2 Å². The van der Waals surface area contributed by atoms with E-state index < -0.39 is 22.7 Å². The summed E-state index contributed by atoms with van der Waals surface area (Å²) < 4.78 is 11.3. The second-order valence-corrected chi connectivity index (χ2v) is 6.04. The molecule has 1 spiro atoms. The van der Waals surface area contributed by atoms with Crippen molar-refractivity contribution in [3.8, 4) is 12.1 Å². The minimum absolute atomic E-state index is 0.0957. The molecule has 2 aliphatic heterocycles. The number of fused-ring (bicyclic) bond motifs is 2. The first kappa shape index (κ1) is 13.5. The Hall–Kier alpha value is -2.12. The average molecular weight is 315 g/mol. The van der Waals surface area contributed by atoms with E-state index in [1.807, 2.05) is 0 Å². The number of rotatable bonds is 1. The SMILES string of the molecule is N#C[C@@]12[C@H](c3ccc(Cl)cc3)[C@@]1(C#N)C(N)=NC21OCCO1. The molecule has 7 heteroatoms. The van der Waals surface area contributed by atoms with Crippen LogP contribution >= 0.6 is 11.6 Å². The number of hydrogen-bond acceptors (Lipinski definition) is 6.